The summed E-state index contributed by atoms with van der Waals surface area (Å²) in [5.41, 5.74) is 0.476. The molecular weight excluding hydrogens is 230 g/mol. The standard InChI is InChI=1S/C13H19N3O2/c1-9-5-6-11(15-14-9)16-7-10(8-16)12(17)18-13(2,3)4/h5-6,10H,7-8H2,1-4H3. The highest BCUT2D eigenvalue weighted by molar-refractivity contribution is 5.76. The van der Waals surface area contributed by atoms with Crippen LogP contribution in [0.3, 0.4) is 0 Å². The fourth-order valence-corrected chi connectivity index (χ4v) is 1.76. The summed E-state index contributed by atoms with van der Waals surface area (Å²) >= 11 is 0. The first kappa shape index (κ1) is 12.8. The van der Waals surface area contributed by atoms with Crippen molar-refractivity contribution in [2.24, 2.45) is 5.92 Å². The Hall–Kier alpha value is -1.65. The number of esters is 1. The first-order valence-corrected chi connectivity index (χ1v) is 6.13. The van der Waals surface area contributed by atoms with Crippen molar-refractivity contribution in [3.63, 3.8) is 0 Å². The number of ether oxygens (including phenoxy) is 1. The molecule has 0 unspecified atom stereocenters. The smallest absolute Gasteiger partial charge is 0.313 e. The molecule has 0 N–H and O–H groups in total. The molecule has 1 aliphatic rings. The second-order valence-electron chi connectivity index (χ2n) is 5.67. The predicted octanol–water partition coefficient (Wildman–Crippen LogP) is 1.56. The number of carbonyl (C=O) groups excluding carboxylic acids is 1. The highest BCUT2D eigenvalue weighted by atomic mass is 16.6. The lowest BCUT2D eigenvalue weighted by Gasteiger charge is -2.39. The normalized spacial score (nSPS) is 16.3. The van der Waals surface area contributed by atoms with Crippen molar-refractivity contribution >= 4 is 11.8 Å². The van der Waals surface area contributed by atoms with Crippen molar-refractivity contribution in [3.05, 3.63) is 17.8 Å². The highest BCUT2D eigenvalue weighted by Gasteiger charge is 2.36. The van der Waals surface area contributed by atoms with E-state index in [1.165, 1.54) is 0 Å². The summed E-state index contributed by atoms with van der Waals surface area (Å²) in [5, 5.41) is 8.10. The van der Waals surface area contributed by atoms with Crippen LogP contribution >= 0.6 is 0 Å². The summed E-state index contributed by atoms with van der Waals surface area (Å²) in [5.74, 6) is 0.645. The van der Waals surface area contributed by atoms with Gasteiger partial charge in [-0.15, -0.1) is 5.10 Å². The van der Waals surface area contributed by atoms with Gasteiger partial charge in [-0.05, 0) is 39.8 Å². The van der Waals surface area contributed by atoms with Crippen molar-refractivity contribution in [1.29, 1.82) is 0 Å². The minimum absolute atomic E-state index is 0.0488. The maximum absolute atomic E-state index is 11.8. The molecule has 1 aromatic rings. The molecule has 0 spiro atoms. The van der Waals surface area contributed by atoms with Crippen LogP contribution in [0, 0.1) is 12.8 Å². The second-order valence-corrected chi connectivity index (χ2v) is 5.67. The fraction of sp³-hybridized carbons (Fsp3) is 0.615. The molecule has 0 atom stereocenters. The van der Waals surface area contributed by atoms with Crippen LogP contribution in [-0.2, 0) is 9.53 Å². The molecule has 1 aliphatic heterocycles. The molecule has 0 saturated carbocycles. The van der Waals surface area contributed by atoms with E-state index in [4.69, 9.17) is 4.74 Å². The Morgan fingerprint density at radius 2 is 2.00 bits per heavy atom. The predicted molar refractivity (Wildman–Crippen MR) is 68.3 cm³/mol. The number of rotatable bonds is 2. The van der Waals surface area contributed by atoms with Gasteiger partial charge >= 0.3 is 5.97 Å². The number of carbonyl (C=O) groups is 1. The molecule has 5 heteroatoms. The van der Waals surface area contributed by atoms with Crippen molar-refractivity contribution in [1.82, 2.24) is 10.2 Å². The lowest BCUT2D eigenvalue weighted by atomic mass is 10.00. The maximum atomic E-state index is 11.8. The molecule has 5 nitrogen and oxygen atoms in total. The number of anilines is 1. The van der Waals surface area contributed by atoms with Crippen LogP contribution < -0.4 is 4.90 Å². The van der Waals surface area contributed by atoms with Crippen molar-refractivity contribution in [2.75, 3.05) is 18.0 Å². The van der Waals surface area contributed by atoms with Crippen LogP contribution in [0.4, 0.5) is 5.82 Å². The van der Waals surface area contributed by atoms with Crippen molar-refractivity contribution in [2.45, 2.75) is 33.3 Å². The van der Waals surface area contributed by atoms with Crippen LogP contribution in [0.5, 0.6) is 0 Å². The molecule has 18 heavy (non-hydrogen) atoms. The summed E-state index contributed by atoms with van der Waals surface area (Å²) in [6.45, 7) is 8.86. The van der Waals surface area contributed by atoms with Gasteiger partial charge < -0.3 is 9.64 Å². The quantitative estimate of drug-likeness (QED) is 0.745. The third kappa shape index (κ3) is 2.97. The van der Waals surface area contributed by atoms with E-state index in [1.54, 1.807) is 0 Å². The van der Waals surface area contributed by atoms with E-state index in [0.717, 1.165) is 11.5 Å². The summed E-state index contributed by atoms with van der Waals surface area (Å²) in [6.07, 6.45) is 0. The van der Waals surface area contributed by atoms with E-state index in [0.29, 0.717) is 13.1 Å². The average Bonchev–Trinajstić information content (AvgIpc) is 2.15. The van der Waals surface area contributed by atoms with E-state index in [9.17, 15) is 4.79 Å². The minimum Gasteiger partial charge on any atom is -0.460 e. The molecule has 0 radical (unpaired) electrons. The zero-order valence-electron chi connectivity index (χ0n) is 11.3. The molecule has 1 aromatic heterocycles. The van der Waals surface area contributed by atoms with Crippen LogP contribution in [0.2, 0.25) is 0 Å². The summed E-state index contributed by atoms with van der Waals surface area (Å²) in [6, 6.07) is 3.84. The number of aromatic nitrogens is 2. The molecule has 1 fully saturated rings. The number of hydrogen-bond acceptors (Lipinski definition) is 5. The molecule has 0 aliphatic carbocycles. The molecule has 1 saturated heterocycles. The van der Waals surface area contributed by atoms with Gasteiger partial charge in [-0.2, -0.15) is 5.10 Å². The summed E-state index contributed by atoms with van der Waals surface area (Å²) in [7, 11) is 0. The zero-order valence-corrected chi connectivity index (χ0v) is 11.3. The molecule has 2 heterocycles. The van der Waals surface area contributed by atoms with Gasteiger partial charge in [-0.25, -0.2) is 0 Å². The minimum atomic E-state index is -0.416. The van der Waals surface area contributed by atoms with Gasteiger partial charge in [0.1, 0.15) is 5.60 Å². The summed E-state index contributed by atoms with van der Waals surface area (Å²) in [4.78, 5) is 13.8. The average molecular weight is 249 g/mol. The molecular formula is C13H19N3O2. The van der Waals surface area contributed by atoms with Gasteiger partial charge in [-0.1, -0.05) is 0 Å². The van der Waals surface area contributed by atoms with E-state index in [2.05, 4.69) is 10.2 Å². The van der Waals surface area contributed by atoms with Crippen LogP contribution in [-0.4, -0.2) is 34.9 Å². The Kier molecular flexibility index (Phi) is 3.24. The van der Waals surface area contributed by atoms with Crippen molar-refractivity contribution in [3.8, 4) is 0 Å². The molecule has 0 aromatic carbocycles. The van der Waals surface area contributed by atoms with Gasteiger partial charge in [0.05, 0.1) is 11.6 Å². The van der Waals surface area contributed by atoms with E-state index < -0.39 is 5.60 Å². The number of hydrogen-bond donors (Lipinski definition) is 0. The largest absolute Gasteiger partial charge is 0.460 e. The first-order valence-electron chi connectivity index (χ1n) is 6.13. The third-order valence-electron chi connectivity index (χ3n) is 2.73. The van der Waals surface area contributed by atoms with E-state index in [1.807, 2.05) is 44.7 Å². The molecule has 98 valence electrons. The summed E-state index contributed by atoms with van der Waals surface area (Å²) < 4.78 is 5.34. The second kappa shape index (κ2) is 4.55. The van der Waals surface area contributed by atoms with Crippen LogP contribution in [0.25, 0.3) is 0 Å². The maximum Gasteiger partial charge on any atom is 0.313 e. The number of aryl methyl sites for hydroxylation is 1. The van der Waals surface area contributed by atoms with Gasteiger partial charge in [0.2, 0.25) is 0 Å². The Bertz CT molecular complexity index is 431. The monoisotopic (exact) mass is 249 g/mol. The van der Waals surface area contributed by atoms with E-state index in [-0.39, 0.29) is 11.9 Å². The van der Waals surface area contributed by atoms with Crippen molar-refractivity contribution < 1.29 is 9.53 Å². The fourth-order valence-electron chi connectivity index (χ4n) is 1.76. The third-order valence-corrected chi connectivity index (χ3v) is 2.73. The zero-order chi connectivity index (χ0) is 13.3. The molecule has 0 amide bonds. The Morgan fingerprint density at radius 1 is 1.33 bits per heavy atom. The molecule has 2 rings (SSSR count). The Labute approximate surface area is 107 Å². The van der Waals surface area contributed by atoms with Crippen LogP contribution in [0.15, 0.2) is 12.1 Å². The lowest BCUT2D eigenvalue weighted by Crippen LogP contribution is -2.52. The van der Waals surface area contributed by atoms with E-state index >= 15 is 0 Å². The lowest BCUT2D eigenvalue weighted by molar-refractivity contribution is -0.160. The highest BCUT2D eigenvalue weighted by Crippen LogP contribution is 2.24. The van der Waals surface area contributed by atoms with Gasteiger partial charge in [0.25, 0.3) is 0 Å². The van der Waals surface area contributed by atoms with Gasteiger partial charge in [-0.3, -0.25) is 4.79 Å². The van der Waals surface area contributed by atoms with Gasteiger partial charge in [0.15, 0.2) is 5.82 Å². The number of nitrogens with zero attached hydrogens (tertiary/aromatic N) is 3. The Balaban J connectivity index is 1.87. The SMILES string of the molecule is Cc1ccc(N2CC(C(=O)OC(C)(C)C)C2)nn1. The Morgan fingerprint density at radius 3 is 2.50 bits per heavy atom. The first-order chi connectivity index (χ1) is 8.35. The molecule has 0 bridgehead atoms. The van der Waals surface area contributed by atoms with Crippen LogP contribution in [0.1, 0.15) is 26.5 Å². The van der Waals surface area contributed by atoms with Gasteiger partial charge in [0, 0.05) is 13.1 Å². The topological polar surface area (TPSA) is 55.3 Å².